The molecule has 2 N–H and O–H groups in total. The first-order chi connectivity index (χ1) is 8.79. The lowest BCUT2D eigenvalue weighted by Crippen LogP contribution is -2.30. The van der Waals surface area contributed by atoms with Gasteiger partial charge in [-0.05, 0) is 35.6 Å². The van der Waals surface area contributed by atoms with Gasteiger partial charge in [0, 0.05) is 35.8 Å². The van der Waals surface area contributed by atoms with Gasteiger partial charge in [0.15, 0.2) is 0 Å². The van der Waals surface area contributed by atoms with Crippen molar-refractivity contribution in [1.29, 1.82) is 0 Å². The Hall–Kier alpha value is -1.39. The molecule has 2 heterocycles. The van der Waals surface area contributed by atoms with Crippen LogP contribution in [0.2, 0.25) is 0 Å². The molecule has 0 saturated carbocycles. The summed E-state index contributed by atoms with van der Waals surface area (Å²) in [5.74, 6) is -0.203. The van der Waals surface area contributed by atoms with E-state index >= 15 is 0 Å². The minimum atomic E-state index is -0.203. The molecule has 1 aromatic heterocycles. The number of hydrogen-bond acceptors (Lipinski definition) is 3. The van der Waals surface area contributed by atoms with Gasteiger partial charge in [-0.2, -0.15) is 0 Å². The smallest absolute Gasteiger partial charge is 0.129 e. The number of benzene rings is 1. The standard InChI is InChI=1S/C14H15FN2S/c15-12-2-1-3-13(11(12)8-16)17-6-4-14-10(9-17)5-7-18-14/h1-3,5,7H,4,6,8-9,16H2. The molecule has 0 spiro atoms. The van der Waals surface area contributed by atoms with Crippen LogP contribution in [0, 0.1) is 5.82 Å². The number of thiophene rings is 1. The highest BCUT2D eigenvalue weighted by atomic mass is 32.1. The van der Waals surface area contributed by atoms with Crippen LogP contribution in [0.4, 0.5) is 10.1 Å². The van der Waals surface area contributed by atoms with Crippen molar-refractivity contribution in [2.24, 2.45) is 5.73 Å². The summed E-state index contributed by atoms with van der Waals surface area (Å²) in [6.07, 6.45) is 1.04. The highest BCUT2D eigenvalue weighted by Crippen LogP contribution is 2.30. The molecule has 0 radical (unpaired) electrons. The summed E-state index contributed by atoms with van der Waals surface area (Å²) >= 11 is 1.81. The summed E-state index contributed by atoms with van der Waals surface area (Å²) < 4.78 is 13.7. The molecule has 1 aliphatic heterocycles. The molecule has 1 aromatic carbocycles. The second kappa shape index (κ2) is 4.71. The SMILES string of the molecule is NCc1c(F)cccc1N1CCc2sccc2C1. The normalized spacial score (nSPS) is 14.7. The fraction of sp³-hybridized carbons (Fsp3) is 0.286. The van der Waals surface area contributed by atoms with Gasteiger partial charge in [0.05, 0.1) is 0 Å². The zero-order valence-electron chi connectivity index (χ0n) is 10.0. The summed E-state index contributed by atoms with van der Waals surface area (Å²) in [5.41, 5.74) is 8.59. The third-order valence-corrected chi connectivity index (χ3v) is 4.47. The van der Waals surface area contributed by atoms with Crippen LogP contribution in [0.5, 0.6) is 0 Å². The Morgan fingerprint density at radius 3 is 3.06 bits per heavy atom. The van der Waals surface area contributed by atoms with E-state index < -0.39 is 0 Å². The maximum Gasteiger partial charge on any atom is 0.129 e. The Morgan fingerprint density at radius 2 is 2.22 bits per heavy atom. The fourth-order valence-corrected chi connectivity index (χ4v) is 3.39. The van der Waals surface area contributed by atoms with E-state index in [4.69, 9.17) is 5.73 Å². The highest BCUT2D eigenvalue weighted by molar-refractivity contribution is 7.10. The van der Waals surface area contributed by atoms with Crippen LogP contribution in [0.3, 0.4) is 0 Å². The van der Waals surface area contributed by atoms with Gasteiger partial charge in [0.2, 0.25) is 0 Å². The molecule has 0 aliphatic carbocycles. The Kier molecular flexibility index (Phi) is 3.06. The molecule has 18 heavy (non-hydrogen) atoms. The highest BCUT2D eigenvalue weighted by Gasteiger charge is 2.20. The van der Waals surface area contributed by atoms with Gasteiger partial charge in [-0.15, -0.1) is 11.3 Å². The van der Waals surface area contributed by atoms with E-state index in [0.29, 0.717) is 5.56 Å². The van der Waals surface area contributed by atoms with Gasteiger partial charge in [0.1, 0.15) is 5.82 Å². The van der Waals surface area contributed by atoms with Crippen molar-refractivity contribution in [1.82, 2.24) is 0 Å². The molecule has 2 aromatic rings. The molecule has 3 rings (SSSR count). The minimum Gasteiger partial charge on any atom is -0.366 e. The van der Waals surface area contributed by atoms with Crippen LogP contribution in [-0.4, -0.2) is 6.54 Å². The topological polar surface area (TPSA) is 29.3 Å². The number of halogens is 1. The van der Waals surface area contributed by atoms with E-state index in [-0.39, 0.29) is 12.4 Å². The number of nitrogens with zero attached hydrogens (tertiary/aromatic N) is 1. The second-order valence-electron chi connectivity index (χ2n) is 4.48. The van der Waals surface area contributed by atoms with Crippen molar-refractivity contribution in [2.75, 3.05) is 11.4 Å². The molecule has 0 atom stereocenters. The van der Waals surface area contributed by atoms with Crippen LogP contribution in [0.1, 0.15) is 16.0 Å². The van der Waals surface area contributed by atoms with E-state index in [0.717, 1.165) is 25.2 Å². The average Bonchev–Trinajstić information content (AvgIpc) is 2.85. The Bertz CT molecular complexity index is 565. The first-order valence-electron chi connectivity index (χ1n) is 6.07. The molecule has 94 valence electrons. The lowest BCUT2D eigenvalue weighted by molar-refractivity contribution is 0.607. The predicted molar refractivity (Wildman–Crippen MR) is 73.4 cm³/mol. The molecule has 0 amide bonds. The van der Waals surface area contributed by atoms with Crippen molar-refractivity contribution in [3.8, 4) is 0 Å². The Morgan fingerprint density at radius 1 is 1.33 bits per heavy atom. The Balaban J connectivity index is 1.95. The maximum atomic E-state index is 13.7. The van der Waals surface area contributed by atoms with E-state index in [9.17, 15) is 4.39 Å². The summed E-state index contributed by atoms with van der Waals surface area (Å²) in [4.78, 5) is 3.68. The molecule has 2 nitrogen and oxygen atoms in total. The molecular formula is C14H15FN2S. The molecule has 0 unspecified atom stereocenters. The second-order valence-corrected chi connectivity index (χ2v) is 5.48. The van der Waals surface area contributed by atoms with Crippen LogP contribution >= 0.6 is 11.3 Å². The van der Waals surface area contributed by atoms with Gasteiger partial charge in [-0.1, -0.05) is 6.07 Å². The summed E-state index contributed by atoms with van der Waals surface area (Å²) in [6, 6.07) is 7.36. The van der Waals surface area contributed by atoms with Crippen molar-refractivity contribution >= 4 is 17.0 Å². The lowest BCUT2D eigenvalue weighted by Gasteiger charge is -2.30. The molecule has 0 saturated heterocycles. The van der Waals surface area contributed by atoms with Gasteiger partial charge in [0.25, 0.3) is 0 Å². The van der Waals surface area contributed by atoms with Crippen LogP contribution in [-0.2, 0) is 19.5 Å². The largest absolute Gasteiger partial charge is 0.366 e. The van der Waals surface area contributed by atoms with Crippen molar-refractivity contribution in [2.45, 2.75) is 19.5 Å². The molecular weight excluding hydrogens is 247 g/mol. The zero-order valence-corrected chi connectivity index (χ0v) is 10.8. The Labute approximate surface area is 110 Å². The average molecular weight is 262 g/mol. The monoisotopic (exact) mass is 262 g/mol. The van der Waals surface area contributed by atoms with Gasteiger partial charge in [-0.25, -0.2) is 4.39 Å². The first-order valence-corrected chi connectivity index (χ1v) is 6.95. The van der Waals surface area contributed by atoms with Crippen LogP contribution in [0.15, 0.2) is 29.6 Å². The molecule has 4 heteroatoms. The van der Waals surface area contributed by atoms with Crippen molar-refractivity contribution in [3.05, 3.63) is 51.5 Å². The first kappa shape index (κ1) is 11.7. The van der Waals surface area contributed by atoms with E-state index in [2.05, 4.69) is 16.3 Å². The van der Waals surface area contributed by atoms with Gasteiger partial charge in [-0.3, -0.25) is 0 Å². The molecule has 0 fully saturated rings. The number of rotatable bonds is 2. The summed E-state index contributed by atoms with van der Waals surface area (Å²) in [5, 5.41) is 2.13. The third kappa shape index (κ3) is 1.91. The van der Waals surface area contributed by atoms with E-state index in [1.807, 2.05) is 17.4 Å². The van der Waals surface area contributed by atoms with Crippen molar-refractivity contribution < 1.29 is 4.39 Å². The minimum absolute atomic E-state index is 0.203. The van der Waals surface area contributed by atoms with Crippen molar-refractivity contribution in [3.63, 3.8) is 0 Å². The maximum absolute atomic E-state index is 13.7. The van der Waals surface area contributed by atoms with Gasteiger partial charge >= 0.3 is 0 Å². The quantitative estimate of drug-likeness (QED) is 0.901. The number of hydrogen-bond donors (Lipinski definition) is 1. The third-order valence-electron chi connectivity index (χ3n) is 3.45. The number of fused-ring (bicyclic) bond motifs is 1. The predicted octanol–water partition coefficient (Wildman–Crippen LogP) is 2.91. The van der Waals surface area contributed by atoms with E-state index in [1.165, 1.54) is 16.5 Å². The molecule has 1 aliphatic rings. The van der Waals surface area contributed by atoms with Crippen LogP contribution in [0.25, 0.3) is 0 Å². The summed E-state index contributed by atoms with van der Waals surface area (Å²) in [6.45, 7) is 2.04. The lowest BCUT2D eigenvalue weighted by atomic mass is 10.1. The molecule has 0 bridgehead atoms. The van der Waals surface area contributed by atoms with Gasteiger partial charge < -0.3 is 10.6 Å². The fourth-order valence-electron chi connectivity index (χ4n) is 2.50. The summed E-state index contributed by atoms with van der Waals surface area (Å²) in [7, 11) is 0. The number of nitrogens with two attached hydrogens (primary N) is 1. The number of anilines is 1. The van der Waals surface area contributed by atoms with E-state index in [1.54, 1.807) is 6.07 Å². The van der Waals surface area contributed by atoms with Crippen LogP contribution < -0.4 is 10.6 Å². The zero-order chi connectivity index (χ0) is 12.5.